The Kier molecular flexibility index (Phi) is 17.0. The Bertz CT molecular complexity index is 1960. The van der Waals surface area contributed by atoms with E-state index in [0.29, 0.717) is 30.2 Å². The van der Waals surface area contributed by atoms with E-state index in [0.717, 1.165) is 24.3 Å². The van der Waals surface area contributed by atoms with Crippen molar-refractivity contribution in [3.05, 3.63) is 109 Å². The van der Waals surface area contributed by atoms with Gasteiger partial charge in [-0.15, -0.1) is 0 Å². The fraction of sp³-hybridized carbons (Fsp3) is 0.389. The van der Waals surface area contributed by atoms with Crippen molar-refractivity contribution in [2.24, 2.45) is 0 Å². The Hall–Kier alpha value is -5.33. The van der Waals surface area contributed by atoms with Crippen LogP contribution >= 0.6 is 11.8 Å². The van der Waals surface area contributed by atoms with Crippen LogP contribution in [0.5, 0.6) is 0 Å². The van der Waals surface area contributed by atoms with E-state index in [2.05, 4.69) is 30.6 Å². The standard InChI is InChI=1S/C18H21F3N4O2.C16H17F3N4O2S.C2H6/c1-4-25(5-2)17-23-14(10-15(26)24-17)16(27)22-11(3)12-6-8-13(9-7-12)18(19,20)21;1-9(10-4-6-11(7-5-10)26-16(17,18)19)20-14(25)12-8-13(24)22-15(21-12)23(2)3;1-2/h6-11H,4-5H2,1-3H3,(H,22,27)(H,23,24,26);4-9H,1-3H3,(H,20,25)(H,21,22,24);1-2H3/t11-;9-;/m11./s1. The molecule has 55 heavy (non-hydrogen) atoms. The second-order valence-corrected chi connectivity index (χ2v) is 12.7. The summed E-state index contributed by atoms with van der Waals surface area (Å²) in [5, 5.41) is 5.32. The minimum atomic E-state index is -4.42. The molecule has 0 saturated heterocycles. The largest absolute Gasteiger partial charge is 0.446 e. The number of carbonyl (C=O) groups is 2. The molecule has 0 unspecified atom stereocenters. The minimum Gasteiger partial charge on any atom is -0.348 e. The summed E-state index contributed by atoms with van der Waals surface area (Å²) >= 11 is -0.202. The molecule has 0 spiro atoms. The molecule has 2 aromatic heterocycles. The molecule has 4 aromatic rings. The maximum absolute atomic E-state index is 12.6. The predicted octanol–water partition coefficient (Wildman–Crippen LogP) is 7.09. The summed E-state index contributed by atoms with van der Waals surface area (Å²) in [7, 11) is 3.34. The number of aromatic amines is 2. The van der Waals surface area contributed by atoms with Crippen molar-refractivity contribution in [3.63, 3.8) is 0 Å². The number of anilines is 2. The number of thioether (sulfide) groups is 1. The van der Waals surface area contributed by atoms with Crippen molar-refractivity contribution >= 4 is 35.5 Å². The van der Waals surface area contributed by atoms with Crippen molar-refractivity contribution in [1.29, 1.82) is 0 Å². The van der Waals surface area contributed by atoms with Crippen LogP contribution in [0.25, 0.3) is 0 Å². The van der Waals surface area contributed by atoms with Crippen LogP contribution in [0.4, 0.5) is 38.2 Å². The Morgan fingerprint density at radius 3 is 1.51 bits per heavy atom. The minimum absolute atomic E-state index is 0.0476. The van der Waals surface area contributed by atoms with E-state index in [9.17, 15) is 45.5 Å². The van der Waals surface area contributed by atoms with E-state index in [1.807, 2.05) is 27.7 Å². The highest BCUT2D eigenvalue weighted by Gasteiger charge is 2.30. The van der Waals surface area contributed by atoms with Gasteiger partial charge in [-0.2, -0.15) is 26.3 Å². The molecule has 2 atom stereocenters. The molecule has 4 rings (SSSR count). The molecular weight excluding hydrogens is 755 g/mol. The number of nitrogens with one attached hydrogen (secondary N) is 4. The molecule has 0 radical (unpaired) electrons. The van der Waals surface area contributed by atoms with Crippen molar-refractivity contribution in [1.82, 2.24) is 30.6 Å². The molecule has 4 N–H and O–H groups in total. The maximum Gasteiger partial charge on any atom is 0.446 e. The van der Waals surface area contributed by atoms with Crippen molar-refractivity contribution < 1.29 is 35.9 Å². The molecule has 2 aromatic carbocycles. The second kappa shape index (κ2) is 20.4. The number of rotatable bonds is 11. The van der Waals surface area contributed by atoms with E-state index in [4.69, 9.17) is 0 Å². The topological polar surface area (TPSA) is 156 Å². The van der Waals surface area contributed by atoms with Crippen LogP contribution in [0.1, 0.15) is 91.3 Å². The van der Waals surface area contributed by atoms with Crippen LogP contribution in [0.15, 0.2) is 75.1 Å². The highest BCUT2D eigenvalue weighted by molar-refractivity contribution is 8.00. The number of nitrogens with zero attached hydrogens (tertiary/aromatic N) is 4. The molecule has 300 valence electrons. The summed E-state index contributed by atoms with van der Waals surface area (Å²) in [5.74, 6) is -0.606. The monoisotopic (exact) mass is 798 g/mol. The van der Waals surface area contributed by atoms with Gasteiger partial charge in [-0.3, -0.25) is 29.1 Å². The van der Waals surface area contributed by atoms with E-state index < -0.39 is 52.3 Å². The van der Waals surface area contributed by atoms with Gasteiger partial charge in [-0.25, -0.2) is 9.97 Å². The molecule has 0 aliphatic heterocycles. The van der Waals surface area contributed by atoms with Gasteiger partial charge >= 0.3 is 11.7 Å². The zero-order chi connectivity index (χ0) is 41.7. The van der Waals surface area contributed by atoms with Crippen LogP contribution in [0.3, 0.4) is 0 Å². The average molecular weight is 799 g/mol. The van der Waals surface area contributed by atoms with E-state index in [1.54, 1.807) is 37.7 Å². The highest BCUT2D eigenvalue weighted by atomic mass is 32.2. The molecule has 12 nitrogen and oxygen atoms in total. The third-order valence-electron chi connectivity index (χ3n) is 7.46. The molecule has 0 aliphatic carbocycles. The summed E-state index contributed by atoms with van der Waals surface area (Å²) in [5.41, 5.74) is -5.00. The average Bonchev–Trinajstić information content (AvgIpc) is 3.12. The zero-order valence-electron chi connectivity index (χ0n) is 31.4. The lowest BCUT2D eigenvalue weighted by Crippen LogP contribution is -2.31. The number of aromatic nitrogens is 4. The van der Waals surface area contributed by atoms with Crippen molar-refractivity contribution in [2.45, 2.75) is 70.2 Å². The van der Waals surface area contributed by atoms with E-state index in [1.165, 1.54) is 36.4 Å². The first-order valence-corrected chi connectivity index (χ1v) is 17.8. The van der Waals surface area contributed by atoms with Gasteiger partial charge in [-0.05, 0) is 74.8 Å². The second-order valence-electron chi connectivity index (χ2n) is 11.6. The van der Waals surface area contributed by atoms with Gasteiger partial charge in [0.1, 0.15) is 11.4 Å². The predicted molar refractivity (Wildman–Crippen MR) is 201 cm³/mol. The Balaban J connectivity index is 0.000000364. The van der Waals surface area contributed by atoms with E-state index in [-0.39, 0.29) is 34.0 Å². The van der Waals surface area contributed by atoms with Crippen molar-refractivity contribution in [2.75, 3.05) is 37.0 Å². The highest BCUT2D eigenvalue weighted by Crippen LogP contribution is 2.37. The van der Waals surface area contributed by atoms with Crippen LogP contribution < -0.4 is 31.6 Å². The van der Waals surface area contributed by atoms with Crippen LogP contribution in [-0.4, -0.2) is 64.4 Å². The Morgan fingerprint density at radius 1 is 0.727 bits per heavy atom. The molecule has 19 heteroatoms. The molecular formula is C36H44F6N8O4S. The quantitative estimate of drug-likeness (QED) is 0.0920. The van der Waals surface area contributed by atoms with Gasteiger partial charge in [0.25, 0.3) is 22.9 Å². The lowest BCUT2D eigenvalue weighted by Gasteiger charge is -2.20. The van der Waals surface area contributed by atoms with Gasteiger partial charge in [0.2, 0.25) is 11.9 Å². The number of hydrogen-bond acceptors (Lipinski definition) is 9. The molecule has 0 fully saturated rings. The van der Waals surface area contributed by atoms with Crippen LogP contribution in [0.2, 0.25) is 0 Å². The first-order chi connectivity index (χ1) is 25.7. The number of amides is 2. The Labute approximate surface area is 318 Å². The Morgan fingerprint density at radius 2 is 1.13 bits per heavy atom. The molecule has 0 saturated carbocycles. The number of hydrogen-bond donors (Lipinski definition) is 4. The third-order valence-corrected chi connectivity index (χ3v) is 8.20. The van der Waals surface area contributed by atoms with Gasteiger partial charge in [0, 0.05) is 44.2 Å². The lowest BCUT2D eigenvalue weighted by atomic mass is 10.1. The first kappa shape index (κ1) is 45.8. The molecule has 2 amide bonds. The number of alkyl halides is 6. The summed E-state index contributed by atoms with van der Waals surface area (Å²) in [6.45, 7) is 12.3. The first-order valence-electron chi connectivity index (χ1n) is 17.0. The maximum atomic E-state index is 12.6. The lowest BCUT2D eigenvalue weighted by molar-refractivity contribution is -0.137. The van der Waals surface area contributed by atoms with E-state index >= 15 is 0 Å². The van der Waals surface area contributed by atoms with Crippen molar-refractivity contribution in [3.8, 4) is 0 Å². The molecule has 0 aliphatic rings. The fourth-order valence-corrected chi connectivity index (χ4v) is 5.17. The molecule has 0 bridgehead atoms. The number of halogens is 6. The summed E-state index contributed by atoms with van der Waals surface area (Å²) < 4.78 is 75.0. The van der Waals surface area contributed by atoms with Gasteiger partial charge in [-0.1, -0.05) is 38.1 Å². The third kappa shape index (κ3) is 14.4. The summed E-state index contributed by atoms with van der Waals surface area (Å²) in [6.07, 6.45) is -4.42. The number of carbonyl (C=O) groups excluding carboxylic acids is 2. The number of benzene rings is 2. The van der Waals surface area contributed by atoms with Crippen LogP contribution in [-0.2, 0) is 6.18 Å². The fourth-order valence-electron chi connectivity index (χ4n) is 4.63. The van der Waals surface area contributed by atoms with Crippen LogP contribution in [0, 0.1) is 0 Å². The summed E-state index contributed by atoms with van der Waals surface area (Å²) in [4.78, 5) is 64.9. The summed E-state index contributed by atoms with van der Waals surface area (Å²) in [6, 6.07) is 11.4. The molecule has 2 heterocycles. The SMILES string of the molecule is CC.CCN(CC)c1nc(C(=O)N[C@H](C)c2ccc(C(F)(F)F)cc2)cc(=O)[nH]1.C[C@@H](NC(=O)c1cc(=O)[nH]c(N(C)C)n1)c1ccc(SC(F)(F)F)cc1. The smallest absolute Gasteiger partial charge is 0.348 e. The van der Waals surface area contributed by atoms with Gasteiger partial charge < -0.3 is 20.4 Å². The zero-order valence-corrected chi connectivity index (χ0v) is 32.3. The van der Waals surface area contributed by atoms with Gasteiger partial charge in [0.15, 0.2) is 0 Å². The van der Waals surface area contributed by atoms with Gasteiger partial charge in [0.05, 0.1) is 17.6 Å². The normalized spacial score (nSPS) is 12.2. The number of H-pyrrole nitrogens is 2.